The SMILES string of the molecule is COC(=O)[C@H](Cc1c(Cl)cccc1Cl)NC(=O)c1cccc(NC(C)=O)c1. The van der Waals surface area contributed by atoms with E-state index in [2.05, 4.69) is 10.6 Å². The highest BCUT2D eigenvalue weighted by atomic mass is 35.5. The van der Waals surface area contributed by atoms with Crippen LogP contribution in [-0.4, -0.2) is 30.9 Å². The summed E-state index contributed by atoms with van der Waals surface area (Å²) in [7, 11) is 1.23. The van der Waals surface area contributed by atoms with E-state index in [1.165, 1.54) is 20.1 Å². The van der Waals surface area contributed by atoms with Gasteiger partial charge < -0.3 is 15.4 Å². The molecule has 0 spiro atoms. The minimum Gasteiger partial charge on any atom is -0.467 e. The maximum atomic E-state index is 12.6. The highest BCUT2D eigenvalue weighted by Gasteiger charge is 2.24. The monoisotopic (exact) mass is 408 g/mol. The Hall–Kier alpha value is -2.57. The van der Waals surface area contributed by atoms with Crippen LogP contribution in [0.15, 0.2) is 42.5 Å². The second-order valence-corrected chi connectivity index (χ2v) is 6.53. The zero-order valence-corrected chi connectivity index (χ0v) is 16.2. The van der Waals surface area contributed by atoms with Crippen LogP contribution in [0.1, 0.15) is 22.8 Å². The Morgan fingerprint density at radius 2 is 1.70 bits per heavy atom. The fourth-order valence-corrected chi connectivity index (χ4v) is 3.00. The number of benzene rings is 2. The summed E-state index contributed by atoms with van der Waals surface area (Å²) in [6.45, 7) is 1.37. The number of carbonyl (C=O) groups excluding carboxylic acids is 3. The number of methoxy groups -OCH3 is 1. The van der Waals surface area contributed by atoms with Gasteiger partial charge in [-0.2, -0.15) is 0 Å². The molecule has 0 heterocycles. The first-order valence-corrected chi connectivity index (χ1v) is 8.76. The van der Waals surface area contributed by atoms with E-state index in [0.29, 0.717) is 21.3 Å². The van der Waals surface area contributed by atoms with E-state index in [9.17, 15) is 14.4 Å². The Balaban J connectivity index is 2.22. The second kappa shape index (κ2) is 9.39. The van der Waals surface area contributed by atoms with E-state index >= 15 is 0 Å². The van der Waals surface area contributed by atoms with E-state index in [0.717, 1.165) is 0 Å². The minimum absolute atomic E-state index is 0.0717. The molecule has 142 valence electrons. The van der Waals surface area contributed by atoms with Gasteiger partial charge in [-0.25, -0.2) is 4.79 Å². The molecule has 2 amide bonds. The number of esters is 1. The van der Waals surface area contributed by atoms with E-state index in [1.807, 2.05) is 0 Å². The van der Waals surface area contributed by atoms with Crippen LogP contribution in [0.3, 0.4) is 0 Å². The van der Waals surface area contributed by atoms with Crippen molar-refractivity contribution in [1.82, 2.24) is 5.32 Å². The molecule has 27 heavy (non-hydrogen) atoms. The van der Waals surface area contributed by atoms with Gasteiger partial charge in [-0.05, 0) is 35.9 Å². The largest absolute Gasteiger partial charge is 0.467 e. The molecule has 2 aromatic carbocycles. The van der Waals surface area contributed by atoms with Gasteiger partial charge in [-0.15, -0.1) is 0 Å². The molecule has 0 saturated carbocycles. The van der Waals surface area contributed by atoms with Gasteiger partial charge in [0.2, 0.25) is 5.91 Å². The highest BCUT2D eigenvalue weighted by molar-refractivity contribution is 6.36. The average Bonchev–Trinajstić information content (AvgIpc) is 2.62. The summed E-state index contributed by atoms with van der Waals surface area (Å²) in [5.74, 6) is -1.38. The molecule has 6 nitrogen and oxygen atoms in total. The molecule has 8 heteroatoms. The molecule has 0 radical (unpaired) electrons. The molecule has 0 bridgehead atoms. The van der Waals surface area contributed by atoms with Crippen molar-refractivity contribution in [3.8, 4) is 0 Å². The highest BCUT2D eigenvalue weighted by Crippen LogP contribution is 2.26. The number of amides is 2. The lowest BCUT2D eigenvalue weighted by Crippen LogP contribution is -2.43. The predicted molar refractivity (Wildman–Crippen MR) is 104 cm³/mol. The molecular formula is C19H18Cl2N2O4. The van der Waals surface area contributed by atoms with Crippen LogP contribution in [0.25, 0.3) is 0 Å². The van der Waals surface area contributed by atoms with E-state index in [-0.39, 0.29) is 17.9 Å². The number of carbonyl (C=O) groups is 3. The minimum atomic E-state index is -0.982. The molecule has 0 saturated heterocycles. The number of halogens is 2. The number of hydrogen-bond donors (Lipinski definition) is 2. The number of anilines is 1. The van der Waals surface area contributed by atoms with Gasteiger partial charge in [-0.3, -0.25) is 9.59 Å². The van der Waals surface area contributed by atoms with Crippen molar-refractivity contribution in [1.29, 1.82) is 0 Å². The topological polar surface area (TPSA) is 84.5 Å². The summed E-state index contributed by atoms with van der Waals surface area (Å²) in [5, 5.41) is 6.00. The molecule has 0 aliphatic carbocycles. The van der Waals surface area contributed by atoms with Crippen LogP contribution in [0, 0.1) is 0 Å². The lowest BCUT2D eigenvalue weighted by atomic mass is 10.0. The Kier molecular flexibility index (Phi) is 7.21. The van der Waals surface area contributed by atoms with Crippen LogP contribution in [0.5, 0.6) is 0 Å². The quantitative estimate of drug-likeness (QED) is 0.716. The van der Waals surface area contributed by atoms with Gasteiger partial charge in [0.25, 0.3) is 5.91 Å². The van der Waals surface area contributed by atoms with E-state index in [4.69, 9.17) is 27.9 Å². The molecule has 0 aliphatic rings. The number of nitrogens with one attached hydrogen (secondary N) is 2. The molecule has 0 fully saturated rings. The smallest absolute Gasteiger partial charge is 0.328 e. The summed E-state index contributed by atoms with van der Waals surface area (Å²) < 4.78 is 4.78. The van der Waals surface area contributed by atoms with Crippen LogP contribution >= 0.6 is 23.2 Å². The fourth-order valence-electron chi connectivity index (χ4n) is 2.45. The van der Waals surface area contributed by atoms with E-state index in [1.54, 1.807) is 36.4 Å². The molecule has 2 aromatic rings. The lowest BCUT2D eigenvalue weighted by Gasteiger charge is -2.18. The van der Waals surface area contributed by atoms with Crippen molar-refractivity contribution in [3.63, 3.8) is 0 Å². The fraction of sp³-hybridized carbons (Fsp3) is 0.211. The normalized spacial score (nSPS) is 11.4. The van der Waals surface area contributed by atoms with Crippen molar-refractivity contribution < 1.29 is 19.1 Å². The Morgan fingerprint density at radius 3 is 2.30 bits per heavy atom. The number of rotatable bonds is 6. The average molecular weight is 409 g/mol. The van der Waals surface area contributed by atoms with Gasteiger partial charge in [0.05, 0.1) is 7.11 Å². The van der Waals surface area contributed by atoms with Gasteiger partial charge in [0, 0.05) is 34.6 Å². The van der Waals surface area contributed by atoms with Crippen molar-refractivity contribution in [2.45, 2.75) is 19.4 Å². The van der Waals surface area contributed by atoms with Crippen LogP contribution in [-0.2, 0) is 20.7 Å². The third kappa shape index (κ3) is 5.70. The molecular weight excluding hydrogens is 391 g/mol. The van der Waals surface area contributed by atoms with Crippen molar-refractivity contribution >= 4 is 46.7 Å². The van der Waals surface area contributed by atoms with Gasteiger partial charge in [0.15, 0.2) is 0 Å². The van der Waals surface area contributed by atoms with Crippen LogP contribution in [0.2, 0.25) is 10.0 Å². The van der Waals surface area contributed by atoms with Crippen LogP contribution in [0.4, 0.5) is 5.69 Å². The molecule has 2 N–H and O–H groups in total. The molecule has 0 unspecified atom stereocenters. The summed E-state index contributed by atoms with van der Waals surface area (Å²) in [6.07, 6.45) is 0.0717. The lowest BCUT2D eigenvalue weighted by molar-refractivity contribution is -0.142. The summed E-state index contributed by atoms with van der Waals surface area (Å²) in [4.78, 5) is 35.9. The summed E-state index contributed by atoms with van der Waals surface area (Å²) in [5.41, 5.74) is 1.28. The second-order valence-electron chi connectivity index (χ2n) is 5.72. The third-order valence-electron chi connectivity index (χ3n) is 3.71. The predicted octanol–water partition coefficient (Wildman–Crippen LogP) is 3.47. The molecule has 1 atom stereocenters. The van der Waals surface area contributed by atoms with Gasteiger partial charge >= 0.3 is 5.97 Å². The molecule has 2 rings (SSSR count). The number of ether oxygens (including phenoxy) is 1. The number of hydrogen-bond acceptors (Lipinski definition) is 4. The first-order chi connectivity index (χ1) is 12.8. The molecule has 0 aliphatic heterocycles. The van der Waals surface area contributed by atoms with Crippen molar-refractivity contribution in [3.05, 3.63) is 63.6 Å². The van der Waals surface area contributed by atoms with Gasteiger partial charge in [-0.1, -0.05) is 35.3 Å². The zero-order chi connectivity index (χ0) is 20.0. The first kappa shape index (κ1) is 20.7. The van der Waals surface area contributed by atoms with Gasteiger partial charge in [0.1, 0.15) is 6.04 Å². The van der Waals surface area contributed by atoms with E-state index < -0.39 is 17.9 Å². The standard InChI is InChI=1S/C19H18Cl2N2O4/c1-11(24)22-13-6-3-5-12(9-13)18(25)23-17(19(26)27-2)10-14-15(20)7-4-8-16(14)21/h3-9,17H,10H2,1-2H3,(H,22,24)(H,23,25)/t17-/m0/s1. The van der Waals surface area contributed by atoms with Crippen molar-refractivity contribution in [2.24, 2.45) is 0 Å². The summed E-state index contributed by atoms with van der Waals surface area (Å²) >= 11 is 12.3. The summed E-state index contributed by atoms with van der Waals surface area (Å²) in [6, 6.07) is 10.4. The third-order valence-corrected chi connectivity index (χ3v) is 4.41. The van der Waals surface area contributed by atoms with Crippen LogP contribution < -0.4 is 10.6 Å². The zero-order valence-electron chi connectivity index (χ0n) is 14.7. The Labute approximate surface area is 166 Å². The Morgan fingerprint density at radius 1 is 1.07 bits per heavy atom. The molecule has 0 aromatic heterocycles. The first-order valence-electron chi connectivity index (χ1n) is 8.01. The van der Waals surface area contributed by atoms with Crippen molar-refractivity contribution in [2.75, 3.05) is 12.4 Å². The Bertz CT molecular complexity index is 850. The maximum absolute atomic E-state index is 12.6. The maximum Gasteiger partial charge on any atom is 0.328 e.